The molecule has 0 saturated heterocycles. The van der Waals surface area contributed by atoms with Gasteiger partial charge in [0.15, 0.2) is 0 Å². The lowest BCUT2D eigenvalue weighted by Crippen LogP contribution is -2.40. The summed E-state index contributed by atoms with van der Waals surface area (Å²) in [5.41, 5.74) is 5.70. The third-order valence-electron chi connectivity index (χ3n) is 3.91. The zero-order valence-electron chi connectivity index (χ0n) is 10.5. The third kappa shape index (κ3) is 2.35. The molecule has 2 rings (SSSR count). The molecule has 0 aliphatic heterocycles. The lowest BCUT2D eigenvalue weighted by molar-refractivity contribution is 0.0565. The monoisotopic (exact) mass is 238 g/mol. The lowest BCUT2D eigenvalue weighted by Gasteiger charge is -2.30. The van der Waals surface area contributed by atoms with Crippen LogP contribution in [0.2, 0.25) is 0 Å². The Morgan fingerprint density at radius 3 is 3.06 bits per heavy atom. The molecule has 2 unspecified atom stereocenters. The molecular weight excluding hydrogens is 216 g/mol. The predicted octanol–water partition coefficient (Wildman–Crippen LogP) is 0.720. The highest BCUT2D eigenvalue weighted by Crippen LogP contribution is 2.39. The first-order valence-corrected chi connectivity index (χ1v) is 6.46. The molecule has 1 fully saturated rings. The number of aliphatic hydroxyl groups excluding tert-OH is 1. The van der Waals surface area contributed by atoms with Gasteiger partial charge in [0.2, 0.25) is 0 Å². The van der Waals surface area contributed by atoms with Crippen molar-refractivity contribution in [1.82, 2.24) is 14.8 Å². The van der Waals surface area contributed by atoms with Gasteiger partial charge in [-0.1, -0.05) is 13.3 Å². The van der Waals surface area contributed by atoms with Crippen molar-refractivity contribution in [3.05, 3.63) is 12.2 Å². The quantitative estimate of drug-likeness (QED) is 0.792. The van der Waals surface area contributed by atoms with Crippen molar-refractivity contribution in [1.29, 1.82) is 0 Å². The van der Waals surface area contributed by atoms with E-state index < -0.39 is 0 Å². The average molecular weight is 238 g/mol. The number of aromatic nitrogens is 3. The van der Waals surface area contributed by atoms with E-state index in [1.54, 1.807) is 6.33 Å². The zero-order chi connectivity index (χ0) is 12.3. The summed E-state index contributed by atoms with van der Waals surface area (Å²) in [6.45, 7) is 3.52. The third-order valence-corrected chi connectivity index (χ3v) is 3.91. The fourth-order valence-corrected chi connectivity index (χ4v) is 2.78. The van der Waals surface area contributed by atoms with Crippen LogP contribution >= 0.6 is 0 Å². The van der Waals surface area contributed by atoms with Gasteiger partial charge in [0, 0.05) is 24.9 Å². The van der Waals surface area contributed by atoms with Crippen LogP contribution in [0, 0.1) is 5.41 Å². The Bertz CT molecular complexity index is 365. The molecule has 96 valence electrons. The number of aliphatic hydroxyl groups is 1. The van der Waals surface area contributed by atoms with E-state index in [0.29, 0.717) is 6.54 Å². The van der Waals surface area contributed by atoms with Gasteiger partial charge < -0.3 is 10.8 Å². The second-order valence-electron chi connectivity index (χ2n) is 5.05. The van der Waals surface area contributed by atoms with Crippen molar-refractivity contribution in [2.75, 3.05) is 6.54 Å². The van der Waals surface area contributed by atoms with Crippen LogP contribution in [0.5, 0.6) is 0 Å². The Morgan fingerprint density at radius 2 is 2.47 bits per heavy atom. The van der Waals surface area contributed by atoms with Crippen molar-refractivity contribution >= 4 is 0 Å². The Labute approximate surface area is 102 Å². The van der Waals surface area contributed by atoms with E-state index in [4.69, 9.17) is 5.73 Å². The molecule has 1 heterocycles. The number of nitrogens with zero attached hydrogens (tertiary/aromatic N) is 3. The normalized spacial score (nSPS) is 28.8. The average Bonchev–Trinajstić information content (AvgIpc) is 2.89. The molecular formula is C12H22N4O. The summed E-state index contributed by atoms with van der Waals surface area (Å²) < 4.78 is 1.93. The predicted molar refractivity (Wildman–Crippen MR) is 65.4 cm³/mol. The highest BCUT2D eigenvalue weighted by Gasteiger charge is 2.41. The summed E-state index contributed by atoms with van der Waals surface area (Å²) in [7, 11) is 0. The van der Waals surface area contributed by atoms with Gasteiger partial charge in [0.25, 0.3) is 0 Å². The Hall–Kier alpha value is -0.940. The fraction of sp³-hybridized carbons (Fsp3) is 0.833. The summed E-state index contributed by atoms with van der Waals surface area (Å²) in [5.74, 6) is 0.957. The van der Waals surface area contributed by atoms with Crippen LogP contribution < -0.4 is 5.73 Å². The summed E-state index contributed by atoms with van der Waals surface area (Å²) >= 11 is 0. The number of aryl methyl sites for hydroxylation is 1. The largest absolute Gasteiger partial charge is 0.392 e. The van der Waals surface area contributed by atoms with E-state index in [0.717, 1.165) is 44.5 Å². The molecule has 1 aromatic rings. The van der Waals surface area contributed by atoms with E-state index in [9.17, 15) is 5.11 Å². The van der Waals surface area contributed by atoms with E-state index in [-0.39, 0.29) is 11.5 Å². The van der Waals surface area contributed by atoms with Crippen LogP contribution in [0.15, 0.2) is 6.33 Å². The van der Waals surface area contributed by atoms with Crippen molar-refractivity contribution in [2.24, 2.45) is 11.1 Å². The number of rotatable bonds is 5. The van der Waals surface area contributed by atoms with E-state index in [1.165, 1.54) is 0 Å². The highest BCUT2D eigenvalue weighted by atomic mass is 16.3. The molecule has 0 radical (unpaired) electrons. The molecule has 5 heteroatoms. The van der Waals surface area contributed by atoms with Gasteiger partial charge >= 0.3 is 0 Å². The van der Waals surface area contributed by atoms with Crippen LogP contribution in [-0.4, -0.2) is 32.5 Å². The van der Waals surface area contributed by atoms with Gasteiger partial charge in [-0.3, -0.25) is 4.68 Å². The second kappa shape index (κ2) is 5.14. The smallest absolute Gasteiger partial charge is 0.138 e. The van der Waals surface area contributed by atoms with Crippen molar-refractivity contribution < 1.29 is 5.11 Å². The molecule has 0 amide bonds. The Kier molecular flexibility index (Phi) is 3.79. The van der Waals surface area contributed by atoms with Crippen LogP contribution in [0.3, 0.4) is 0 Å². The first-order chi connectivity index (χ1) is 8.22. The van der Waals surface area contributed by atoms with Crippen LogP contribution in [0.1, 0.15) is 38.4 Å². The second-order valence-corrected chi connectivity index (χ2v) is 5.05. The minimum Gasteiger partial charge on any atom is -0.392 e. The van der Waals surface area contributed by atoms with E-state index in [1.807, 2.05) is 4.68 Å². The standard InChI is InChI=1S/C12H22N4O/c1-2-6-16-11(14-9-15-16)7-12(8-13)5-3-4-10(12)17/h9-10,17H,2-8,13H2,1H3. The molecule has 2 atom stereocenters. The molecule has 1 aromatic heterocycles. The Balaban J connectivity index is 2.15. The summed E-state index contributed by atoms with van der Waals surface area (Å²) in [4.78, 5) is 4.31. The van der Waals surface area contributed by atoms with E-state index in [2.05, 4.69) is 17.0 Å². The van der Waals surface area contributed by atoms with Crippen molar-refractivity contribution in [3.63, 3.8) is 0 Å². The number of nitrogens with two attached hydrogens (primary N) is 1. The summed E-state index contributed by atoms with van der Waals surface area (Å²) in [6.07, 6.45) is 5.98. The van der Waals surface area contributed by atoms with Crippen molar-refractivity contribution in [3.8, 4) is 0 Å². The van der Waals surface area contributed by atoms with Gasteiger partial charge in [0.05, 0.1) is 6.10 Å². The van der Waals surface area contributed by atoms with Gasteiger partial charge in [-0.25, -0.2) is 4.98 Å². The Morgan fingerprint density at radius 1 is 1.65 bits per heavy atom. The first-order valence-electron chi connectivity index (χ1n) is 6.46. The molecule has 1 aliphatic rings. The van der Waals surface area contributed by atoms with Gasteiger partial charge in [-0.2, -0.15) is 5.10 Å². The number of hydrogen-bond acceptors (Lipinski definition) is 4. The first kappa shape index (κ1) is 12.5. The van der Waals surface area contributed by atoms with Gasteiger partial charge in [-0.15, -0.1) is 0 Å². The molecule has 17 heavy (non-hydrogen) atoms. The molecule has 3 N–H and O–H groups in total. The minimum absolute atomic E-state index is 0.182. The molecule has 0 aromatic carbocycles. The molecule has 0 spiro atoms. The summed E-state index contributed by atoms with van der Waals surface area (Å²) in [5, 5.41) is 14.3. The molecule has 0 bridgehead atoms. The highest BCUT2D eigenvalue weighted by molar-refractivity contribution is 5.01. The molecule has 1 saturated carbocycles. The van der Waals surface area contributed by atoms with Crippen LogP contribution in [0.25, 0.3) is 0 Å². The van der Waals surface area contributed by atoms with Crippen LogP contribution in [0.4, 0.5) is 0 Å². The van der Waals surface area contributed by atoms with Crippen LogP contribution in [-0.2, 0) is 13.0 Å². The van der Waals surface area contributed by atoms with Gasteiger partial charge in [-0.05, 0) is 19.3 Å². The summed E-state index contributed by atoms with van der Waals surface area (Å²) in [6, 6.07) is 0. The zero-order valence-corrected chi connectivity index (χ0v) is 10.5. The molecule has 5 nitrogen and oxygen atoms in total. The SMILES string of the molecule is CCCn1ncnc1CC1(CN)CCCC1O. The maximum Gasteiger partial charge on any atom is 0.138 e. The van der Waals surface area contributed by atoms with E-state index >= 15 is 0 Å². The minimum atomic E-state index is -0.292. The van der Waals surface area contributed by atoms with Crippen molar-refractivity contribution in [2.45, 2.75) is 51.7 Å². The topological polar surface area (TPSA) is 77.0 Å². The number of hydrogen-bond donors (Lipinski definition) is 2. The molecule has 1 aliphatic carbocycles. The lowest BCUT2D eigenvalue weighted by atomic mass is 9.80. The maximum atomic E-state index is 10.1. The maximum absolute atomic E-state index is 10.1. The van der Waals surface area contributed by atoms with Gasteiger partial charge in [0.1, 0.15) is 12.2 Å². The fourth-order valence-electron chi connectivity index (χ4n) is 2.78.